The van der Waals surface area contributed by atoms with Gasteiger partial charge in [0.15, 0.2) is 0 Å². The van der Waals surface area contributed by atoms with E-state index in [1.54, 1.807) is 10.9 Å². The zero-order valence-corrected chi connectivity index (χ0v) is 10.9. The Kier molecular flexibility index (Phi) is 3.37. The lowest BCUT2D eigenvalue weighted by Gasteiger charge is -2.09. The summed E-state index contributed by atoms with van der Waals surface area (Å²) in [5, 5.41) is 16.6. The molecule has 1 aliphatic rings. The van der Waals surface area contributed by atoms with Gasteiger partial charge in [0.2, 0.25) is 0 Å². The predicted octanol–water partition coefficient (Wildman–Crippen LogP) is 1.30. The highest BCUT2D eigenvalue weighted by molar-refractivity contribution is 5.66. The van der Waals surface area contributed by atoms with Crippen molar-refractivity contribution in [2.24, 2.45) is 0 Å². The summed E-state index contributed by atoms with van der Waals surface area (Å²) in [5.74, 6) is 0.109. The van der Waals surface area contributed by atoms with Crippen LogP contribution in [0.2, 0.25) is 0 Å². The standard InChI is InChI=1S/C14H15N3O3/c18-14(19)6-5-11-8-17(16-15-11)9-12-7-10-3-1-2-4-13(10)20-12/h1-4,8,12H,5-7,9H2,(H,18,19). The lowest BCUT2D eigenvalue weighted by atomic mass is 10.1. The van der Waals surface area contributed by atoms with Gasteiger partial charge in [-0.15, -0.1) is 5.10 Å². The number of fused-ring (bicyclic) bond motifs is 1. The number of hydrogen-bond donors (Lipinski definition) is 1. The van der Waals surface area contributed by atoms with E-state index in [4.69, 9.17) is 9.84 Å². The van der Waals surface area contributed by atoms with Crippen molar-refractivity contribution >= 4 is 5.97 Å². The van der Waals surface area contributed by atoms with Crippen LogP contribution in [0.3, 0.4) is 0 Å². The summed E-state index contributed by atoms with van der Waals surface area (Å²) in [7, 11) is 0. The molecule has 20 heavy (non-hydrogen) atoms. The van der Waals surface area contributed by atoms with Gasteiger partial charge in [-0.3, -0.25) is 4.79 Å². The first kappa shape index (κ1) is 12.7. The molecular weight excluding hydrogens is 258 g/mol. The Hall–Kier alpha value is -2.37. The molecule has 0 fully saturated rings. The van der Waals surface area contributed by atoms with Crippen molar-refractivity contribution in [2.45, 2.75) is 31.9 Å². The Morgan fingerprint density at radius 3 is 3.10 bits per heavy atom. The molecule has 1 N–H and O–H groups in total. The molecule has 3 rings (SSSR count). The van der Waals surface area contributed by atoms with E-state index in [-0.39, 0.29) is 12.5 Å². The molecule has 1 aromatic heterocycles. The molecule has 1 aromatic carbocycles. The minimum atomic E-state index is -0.825. The topological polar surface area (TPSA) is 77.2 Å². The Labute approximate surface area is 116 Å². The van der Waals surface area contributed by atoms with Crippen LogP contribution in [0.4, 0.5) is 0 Å². The van der Waals surface area contributed by atoms with E-state index >= 15 is 0 Å². The first-order chi connectivity index (χ1) is 9.70. The van der Waals surface area contributed by atoms with Crippen LogP contribution in [0.15, 0.2) is 30.5 Å². The van der Waals surface area contributed by atoms with Crippen LogP contribution >= 0.6 is 0 Å². The molecule has 2 aromatic rings. The molecule has 0 spiro atoms. The number of nitrogens with zero attached hydrogens (tertiary/aromatic N) is 3. The Morgan fingerprint density at radius 2 is 2.30 bits per heavy atom. The van der Waals surface area contributed by atoms with Crippen molar-refractivity contribution in [2.75, 3.05) is 0 Å². The van der Waals surface area contributed by atoms with E-state index < -0.39 is 5.97 Å². The number of para-hydroxylation sites is 1. The number of hydrogen-bond acceptors (Lipinski definition) is 4. The van der Waals surface area contributed by atoms with Crippen molar-refractivity contribution in [3.63, 3.8) is 0 Å². The number of rotatable bonds is 5. The second kappa shape index (κ2) is 5.32. The van der Waals surface area contributed by atoms with E-state index in [9.17, 15) is 4.79 Å². The van der Waals surface area contributed by atoms with Crippen molar-refractivity contribution in [3.8, 4) is 5.75 Å². The number of aromatic nitrogens is 3. The van der Waals surface area contributed by atoms with Crippen molar-refractivity contribution in [3.05, 3.63) is 41.7 Å². The van der Waals surface area contributed by atoms with Gasteiger partial charge >= 0.3 is 5.97 Å². The molecule has 0 aliphatic carbocycles. The third kappa shape index (κ3) is 2.79. The molecule has 1 unspecified atom stereocenters. The van der Waals surface area contributed by atoms with Crippen LogP contribution in [0.5, 0.6) is 5.75 Å². The fraction of sp³-hybridized carbons (Fsp3) is 0.357. The molecular formula is C14H15N3O3. The quantitative estimate of drug-likeness (QED) is 0.888. The van der Waals surface area contributed by atoms with Crippen LogP contribution in [0, 0.1) is 0 Å². The smallest absolute Gasteiger partial charge is 0.303 e. The molecule has 2 heterocycles. The van der Waals surface area contributed by atoms with Crippen LogP contribution in [-0.2, 0) is 24.2 Å². The predicted molar refractivity (Wildman–Crippen MR) is 70.5 cm³/mol. The number of ether oxygens (including phenoxy) is 1. The third-order valence-corrected chi connectivity index (χ3v) is 3.29. The molecule has 1 atom stereocenters. The molecule has 0 radical (unpaired) electrons. The van der Waals surface area contributed by atoms with E-state index in [2.05, 4.69) is 16.4 Å². The average molecular weight is 273 g/mol. The number of carbonyl (C=O) groups is 1. The van der Waals surface area contributed by atoms with Crippen LogP contribution in [0.25, 0.3) is 0 Å². The average Bonchev–Trinajstić information content (AvgIpc) is 3.02. The largest absolute Gasteiger partial charge is 0.488 e. The van der Waals surface area contributed by atoms with Crippen LogP contribution in [-0.4, -0.2) is 32.2 Å². The second-order valence-corrected chi connectivity index (χ2v) is 4.88. The molecule has 1 aliphatic heterocycles. The zero-order valence-electron chi connectivity index (χ0n) is 10.9. The number of carboxylic acid groups (broad SMARTS) is 1. The summed E-state index contributed by atoms with van der Waals surface area (Å²) in [4.78, 5) is 10.5. The lowest BCUT2D eigenvalue weighted by molar-refractivity contribution is -0.136. The summed E-state index contributed by atoms with van der Waals surface area (Å²) in [6, 6.07) is 7.99. The first-order valence-electron chi connectivity index (χ1n) is 6.56. The molecule has 0 amide bonds. The normalized spacial score (nSPS) is 16.7. The maximum absolute atomic E-state index is 10.5. The molecule has 6 heteroatoms. The SMILES string of the molecule is O=C(O)CCc1cn(CC2Cc3ccccc3O2)nn1. The fourth-order valence-corrected chi connectivity index (χ4v) is 2.34. The number of benzene rings is 1. The molecule has 6 nitrogen and oxygen atoms in total. The monoisotopic (exact) mass is 273 g/mol. The summed E-state index contributed by atoms with van der Waals surface area (Å²) >= 11 is 0. The van der Waals surface area contributed by atoms with Crippen molar-refractivity contribution < 1.29 is 14.6 Å². The van der Waals surface area contributed by atoms with E-state index in [1.807, 2.05) is 18.2 Å². The minimum Gasteiger partial charge on any atom is -0.488 e. The van der Waals surface area contributed by atoms with Gasteiger partial charge in [-0.05, 0) is 11.6 Å². The van der Waals surface area contributed by atoms with Gasteiger partial charge < -0.3 is 9.84 Å². The van der Waals surface area contributed by atoms with Crippen LogP contribution in [0.1, 0.15) is 17.7 Å². The van der Waals surface area contributed by atoms with E-state index in [0.29, 0.717) is 18.7 Å². The van der Waals surface area contributed by atoms with E-state index in [0.717, 1.165) is 12.2 Å². The first-order valence-corrected chi connectivity index (χ1v) is 6.56. The zero-order chi connectivity index (χ0) is 13.9. The maximum Gasteiger partial charge on any atom is 0.303 e. The molecule has 0 bridgehead atoms. The maximum atomic E-state index is 10.5. The van der Waals surface area contributed by atoms with Gasteiger partial charge in [0.25, 0.3) is 0 Å². The lowest BCUT2D eigenvalue weighted by Crippen LogP contribution is -2.21. The molecule has 0 saturated carbocycles. The summed E-state index contributed by atoms with van der Waals surface area (Å²) < 4.78 is 7.55. The molecule has 0 saturated heterocycles. The van der Waals surface area contributed by atoms with Gasteiger partial charge in [-0.2, -0.15) is 0 Å². The van der Waals surface area contributed by atoms with Gasteiger partial charge in [0, 0.05) is 19.0 Å². The van der Waals surface area contributed by atoms with Gasteiger partial charge in [-0.1, -0.05) is 23.4 Å². The Bertz CT molecular complexity index is 599. The number of carboxylic acids is 1. The summed E-state index contributed by atoms with van der Waals surface area (Å²) in [5.41, 5.74) is 1.91. The van der Waals surface area contributed by atoms with Gasteiger partial charge in [0.1, 0.15) is 11.9 Å². The van der Waals surface area contributed by atoms with Crippen LogP contribution < -0.4 is 4.74 Å². The highest BCUT2D eigenvalue weighted by atomic mass is 16.5. The fourth-order valence-electron chi connectivity index (χ4n) is 2.34. The minimum absolute atomic E-state index is 0.0569. The highest BCUT2D eigenvalue weighted by Crippen LogP contribution is 2.28. The van der Waals surface area contributed by atoms with Crippen molar-refractivity contribution in [1.82, 2.24) is 15.0 Å². The highest BCUT2D eigenvalue weighted by Gasteiger charge is 2.23. The Balaban J connectivity index is 1.58. The number of aryl methyl sites for hydroxylation is 1. The van der Waals surface area contributed by atoms with Gasteiger partial charge in [-0.25, -0.2) is 4.68 Å². The molecule has 104 valence electrons. The van der Waals surface area contributed by atoms with Crippen molar-refractivity contribution in [1.29, 1.82) is 0 Å². The second-order valence-electron chi connectivity index (χ2n) is 4.88. The summed E-state index contributed by atoms with van der Waals surface area (Å²) in [6.07, 6.45) is 3.18. The van der Waals surface area contributed by atoms with E-state index in [1.165, 1.54) is 5.56 Å². The van der Waals surface area contributed by atoms with Gasteiger partial charge in [0.05, 0.1) is 18.7 Å². The third-order valence-electron chi connectivity index (χ3n) is 3.29. The Morgan fingerprint density at radius 1 is 1.45 bits per heavy atom. The summed E-state index contributed by atoms with van der Waals surface area (Å²) in [6.45, 7) is 0.620. The number of aliphatic carboxylic acids is 1.